The van der Waals surface area contributed by atoms with E-state index < -0.39 is 12.0 Å². The smallest absolute Gasteiger partial charge is 0.331 e. The van der Waals surface area contributed by atoms with Crippen molar-refractivity contribution in [2.45, 2.75) is 25.5 Å². The molecule has 0 spiro atoms. The molecule has 0 N–H and O–H groups in total. The number of carbonyl (C=O) groups excluding carboxylic acids is 2. The lowest BCUT2D eigenvalue weighted by Crippen LogP contribution is -2.41. The van der Waals surface area contributed by atoms with Crippen LogP contribution in [0.2, 0.25) is 5.02 Å². The largest absolute Gasteiger partial charge is 0.459 e. The Bertz CT molecular complexity index is 458. The van der Waals surface area contributed by atoms with Gasteiger partial charge in [-0.2, -0.15) is 0 Å². The normalized spacial score (nSPS) is 17.1. The monoisotopic (exact) mass is 281 g/mol. The Morgan fingerprint density at radius 3 is 2.79 bits per heavy atom. The van der Waals surface area contributed by atoms with Crippen LogP contribution in [0.15, 0.2) is 24.3 Å². The van der Waals surface area contributed by atoms with Crippen molar-refractivity contribution in [3.63, 3.8) is 0 Å². The first-order valence-corrected chi connectivity index (χ1v) is 6.69. The van der Waals surface area contributed by atoms with Gasteiger partial charge in [0.05, 0.1) is 0 Å². The molecule has 0 amide bonds. The summed E-state index contributed by atoms with van der Waals surface area (Å²) in [5.41, 5.74) is 0.812. The lowest BCUT2D eigenvalue weighted by Gasteiger charge is -2.20. The van der Waals surface area contributed by atoms with E-state index in [2.05, 4.69) is 0 Å². The number of aldehydes is 1. The van der Waals surface area contributed by atoms with Crippen LogP contribution in [0.5, 0.6) is 0 Å². The van der Waals surface area contributed by atoms with Crippen molar-refractivity contribution in [3.05, 3.63) is 34.9 Å². The van der Waals surface area contributed by atoms with Crippen LogP contribution in [0, 0.1) is 0 Å². The lowest BCUT2D eigenvalue weighted by molar-refractivity contribution is -0.152. The van der Waals surface area contributed by atoms with Gasteiger partial charge in [0.15, 0.2) is 6.04 Å². The molecule has 2 rings (SSSR count). The topological polar surface area (TPSA) is 46.6 Å². The van der Waals surface area contributed by atoms with E-state index in [0.717, 1.165) is 31.5 Å². The van der Waals surface area contributed by atoms with Gasteiger partial charge in [-0.15, -0.1) is 0 Å². The zero-order valence-electron chi connectivity index (χ0n) is 10.5. The van der Waals surface area contributed by atoms with Gasteiger partial charge in [-0.05, 0) is 43.6 Å². The van der Waals surface area contributed by atoms with Crippen LogP contribution in [0.25, 0.3) is 0 Å². The summed E-state index contributed by atoms with van der Waals surface area (Å²) < 4.78 is 5.18. The molecular weight excluding hydrogens is 266 g/mol. The second-order valence-corrected chi connectivity index (χ2v) is 5.00. The maximum Gasteiger partial charge on any atom is 0.331 e. The number of nitrogens with zero attached hydrogens (tertiary/aromatic N) is 1. The Kier molecular flexibility index (Phi) is 4.93. The molecular formula is C14H16ClNO3. The first-order chi connectivity index (χ1) is 9.20. The zero-order chi connectivity index (χ0) is 13.7. The summed E-state index contributed by atoms with van der Waals surface area (Å²) in [6.07, 6.45) is 2.70. The molecule has 0 aliphatic carbocycles. The summed E-state index contributed by atoms with van der Waals surface area (Å²) in [6, 6.07) is 6.33. The van der Waals surface area contributed by atoms with Crippen molar-refractivity contribution >= 4 is 23.9 Å². The third-order valence-electron chi connectivity index (χ3n) is 3.17. The first-order valence-electron chi connectivity index (χ1n) is 6.31. The zero-order valence-corrected chi connectivity index (χ0v) is 11.3. The molecule has 1 unspecified atom stereocenters. The minimum absolute atomic E-state index is 0.136. The molecule has 0 radical (unpaired) electrons. The van der Waals surface area contributed by atoms with Crippen molar-refractivity contribution in [3.8, 4) is 0 Å². The lowest BCUT2D eigenvalue weighted by atomic mass is 10.2. The molecule has 1 aliphatic heterocycles. The number of esters is 1. The summed E-state index contributed by atoms with van der Waals surface area (Å²) in [6.45, 7) is 1.68. The maximum atomic E-state index is 11.9. The molecule has 19 heavy (non-hydrogen) atoms. The van der Waals surface area contributed by atoms with Gasteiger partial charge < -0.3 is 9.53 Å². The Labute approximate surface area is 117 Å². The van der Waals surface area contributed by atoms with Crippen LogP contribution in [-0.4, -0.2) is 36.3 Å². The number of rotatable bonds is 5. The molecule has 0 aromatic heterocycles. The Balaban J connectivity index is 1.90. The summed E-state index contributed by atoms with van der Waals surface area (Å²) in [5.74, 6) is -0.489. The van der Waals surface area contributed by atoms with Crippen LogP contribution >= 0.6 is 11.6 Å². The number of likely N-dealkylation sites (tertiary alicyclic amines) is 1. The molecule has 1 atom stereocenters. The molecule has 1 aromatic carbocycles. The molecule has 1 fully saturated rings. The predicted octanol–water partition coefficient (Wildman–Crippen LogP) is 2.05. The molecule has 1 aromatic rings. The molecule has 1 heterocycles. The van der Waals surface area contributed by atoms with Crippen molar-refractivity contribution in [1.82, 2.24) is 4.90 Å². The summed E-state index contributed by atoms with van der Waals surface area (Å²) in [4.78, 5) is 24.8. The molecule has 0 bridgehead atoms. The van der Waals surface area contributed by atoms with E-state index in [1.165, 1.54) is 0 Å². The Hall–Kier alpha value is -1.39. The highest BCUT2D eigenvalue weighted by Gasteiger charge is 2.28. The van der Waals surface area contributed by atoms with Gasteiger partial charge in [0.1, 0.15) is 12.9 Å². The quantitative estimate of drug-likeness (QED) is 0.471. The van der Waals surface area contributed by atoms with Crippen molar-refractivity contribution in [2.75, 3.05) is 13.1 Å². The third kappa shape index (κ3) is 3.78. The summed E-state index contributed by atoms with van der Waals surface area (Å²) >= 11 is 5.85. The van der Waals surface area contributed by atoms with E-state index in [9.17, 15) is 9.59 Å². The second-order valence-electron chi connectivity index (χ2n) is 4.56. The summed E-state index contributed by atoms with van der Waals surface area (Å²) in [5, 5.41) is 0.597. The standard InChI is InChI=1S/C14H16ClNO3/c15-12-5-3-4-11(8-12)10-19-14(18)13(9-17)16-6-1-2-7-16/h3-5,8-9,13H,1-2,6-7,10H2. The fourth-order valence-electron chi connectivity index (χ4n) is 2.18. The fourth-order valence-corrected chi connectivity index (χ4v) is 2.39. The fraction of sp³-hybridized carbons (Fsp3) is 0.429. The van der Waals surface area contributed by atoms with E-state index in [0.29, 0.717) is 11.3 Å². The van der Waals surface area contributed by atoms with Crippen molar-refractivity contribution in [1.29, 1.82) is 0 Å². The average molecular weight is 282 g/mol. The van der Waals surface area contributed by atoms with Gasteiger partial charge in [-0.25, -0.2) is 4.79 Å². The van der Waals surface area contributed by atoms with Crippen LogP contribution in [0.3, 0.4) is 0 Å². The molecule has 5 heteroatoms. The van der Waals surface area contributed by atoms with E-state index in [1.54, 1.807) is 18.2 Å². The summed E-state index contributed by atoms with van der Waals surface area (Å²) in [7, 11) is 0. The van der Waals surface area contributed by atoms with Gasteiger partial charge in [0.2, 0.25) is 0 Å². The molecule has 102 valence electrons. The maximum absolute atomic E-state index is 11.9. The molecule has 1 saturated heterocycles. The second kappa shape index (κ2) is 6.68. The van der Waals surface area contributed by atoms with Gasteiger partial charge in [-0.3, -0.25) is 4.90 Å². The van der Waals surface area contributed by atoms with Crippen molar-refractivity contribution < 1.29 is 14.3 Å². The number of hydrogen-bond donors (Lipinski definition) is 0. The van der Waals surface area contributed by atoms with Crippen LogP contribution in [0.1, 0.15) is 18.4 Å². The molecule has 4 nitrogen and oxygen atoms in total. The van der Waals surface area contributed by atoms with E-state index in [1.807, 2.05) is 11.0 Å². The first kappa shape index (κ1) is 14.0. The van der Waals surface area contributed by atoms with Crippen LogP contribution in [-0.2, 0) is 20.9 Å². The van der Waals surface area contributed by atoms with Crippen LogP contribution in [0.4, 0.5) is 0 Å². The molecule has 0 saturated carbocycles. The van der Waals surface area contributed by atoms with Gasteiger partial charge in [0.25, 0.3) is 0 Å². The number of hydrogen-bond acceptors (Lipinski definition) is 4. The third-order valence-corrected chi connectivity index (χ3v) is 3.41. The van der Waals surface area contributed by atoms with Crippen molar-refractivity contribution in [2.24, 2.45) is 0 Å². The van der Waals surface area contributed by atoms with Gasteiger partial charge in [-0.1, -0.05) is 23.7 Å². The SMILES string of the molecule is O=CC(C(=O)OCc1cccc(Cl)c1)N1CCCC1. The number of benzene rings is 1. The molecule has 1 aliphatic rings. The predicted molar refractivity (Wildman–Crippen MR) is 71.9 cm³/mol. The highest BCUT2D eigenvalue weighted by Crippen LogP contribution is 2.14. The van der Waals surface area contributed by atoms with Gasteiger partial charge in [0, 0.05) is 5.02 Å². The Morgan fingerprint density at radius 2 is 2.16 bits per heavy atom. The van der Waals surface area contributed by atoms with Crippen LogP contribution < -0.4 is 0 Å². The van der Waals surface area contributed by atoms with Gasteiger partial charge >= 0.3 is 5.97 Å². The number of ether oxygens (including phenoxy) is 1. The highest BCUT2D eigenvalue weighted by atomic mass is 35.5. The minimum Gasteiger partial charge on any atom is -0.459 e. The number of carbonyl (C=O) groups is 2. The average Bonchev–Trinajstić information content (AvgIpc) is 2.91. The van der Waals surface area contributed by atoms with E-state index in [4.69, 9.17) is 16.3 Å². The van der Waals surface area contributed by atoms with E-state index >= 15 is 0 Å². The highest BCUT2D eigenvalue weighted by molar-refractivity contribution is 6.30. The Morgan fingerprint density at radius 1 is 1.42 bits per heavy atom. The number of halogens is 1. The minimum atomic E-state index is -0.776. The van der Waals surface area contributed by atoms with E-state index in [-0.39, 0.29) is 6.61 Å².